The number of alkyl halides is 1. The van der Waals surface area contributed by atoms with Gasteiger partial charge in [-0.2, -0.15) is 0 Å². The van der Waals surface area contributed by atoms with Gasteiger partial charge in [-0.05, 0) is 31.6 Å². The molecule has 2 heterocycles. The van der Waals surface area contributed by atoms with E-state index in [-0.39, 0.29) is 0 Å². The molecule has 0 aromatic carbocycles. The van der Waals surface area contributed by atoms with Gasteiger partial charge < -0.3 is 9.47 Å². The van der Waals surface area contributed by atoms with Crippen LogP contribution in [0.3, 0.4) is 0 Å². The van der Waals surface area contributed by atoms with Crippen LogP contribution in [0.1, 0.15) is 25.7 Å². The Morgan fingerprint density at radius 1 is 1.00 bits per heavy atom. The standard InChI is InChI=1S/C10H17BrO2/c11-9-3-6-13-10(7-9)8-1-4-12-5-2-8/h8-10H,1-7H2. The van der Waals surface area contributed by atoms with E-state index in [0.29, 0.717) is 10.9 Å². The molecule has 2 nitrogen and oxygen atoms in total. The van der Waals surface area contributed by atoms with Gasteiger partial charge in [0.15, 0.2) is 0 Å². The summed E-state index contributed by atoms with van der Waals surface area (Å²) in [4.78, 5) is 0.675. The lowest BCUT2D eigenvalue weighted by atomic mass is 9.89. The van der Waals surface area contributed by atoms with Crippen molar-refractivity contribution in [2.45, 2.75) is 36.6 Å². The van der Waals surface area contributed by atoms with Gasteiger partial charge in [0, 0.05) is 24.6 Å². The number of hydrogen-bond donors (Lipinski definition) is 0. The van der Waals surface area contributed by atoms with Crippen LogP contribution in [0.15, 0.2) is 0 Å². The van der Waals surface area contributed by atoms with E-state index < -0.39 is 0 Å². The summed E-state index contributed by atoms with van der Waals surface area (Å²) in [7, 11) is 0. The lowest BCUT2D eigenvalue weighted by molar-refractivity contribution is -0.0532. The van der Waals surface area contributed by atoms with Crippen LogP contribution in [-0.2, 0) is 9.47 Å². The molecule has 2 fully saturated rings. The minimum Gasteiger partial charge on any atom is -0.381 e. The summed E-state index contributed by atoms with van der Waals surface area (Å²) in [5, 5.41) is 0. The predicted molar refractivity (Wildman–Crippen MR) is 55.2 cm³/mol. The Labute approximate surface area is 88.1 Å². The molecule has 2 aliphatic rings. The average Bonchev–Trinajstić information content (AvgIpc) is 2.19. The van der Waals surface area contributed by atoms with Gasteiger partial charge in [0.05, 0.1) is 6.10 Å². The Morgan fingerprint density at radius 3 is 2.46 bits per heavy atom. The minimum atomic E-state index is 0.488. The lowest BCUT2D eigenvalue weighted by Crippen LogP contribution is -2.35. The summed E-state index contributed by atoms with van der Waals surface area (Å²) in [5.41, 5.74) is 0. The van der Waals surface area contributed by atoms with Crippen molar-refractivity contribution >= 4 is 15.9 Å². The molecule has 2 aliphatic heterocycles. The van der Waals surface area contributed by atoms with Crippen LogP contribution in [0, 0.1) is 5.92 Å². The molecular weight excluding hydrogens is 232 g/mol. The van der Waals surface area contributed by atoms with Crippen LogP contribution < -0.4 is 0 Å². The largest absolute Gasteiger partial charge is 0.381 e. The third-order valence-corrected chi connectivity index (χ3v) is 3.87. The van der Waals surface area contributed by atoms with Crippen LogP contribution >= 0.6 is 15.9 Å². The van der Waals surface area contributed by atoms with Gasteiger partial charge in [0.2, 0.25) is 0 Å². The van der Waals surface area contributed by atoms with Crippen molar-refractivity contribution in [1.29, 1.82) is 0 Å². The highest BCUT2D eigenvalue weighted by Crippen LogP contribution is 2.30. The van der Waals surface area contributed by atoms with E-state index in [9.17, 15) is 0 Å². The van der Waals surface area contributed by atoms with E-state index in [1.54, 1.807) is 0 Å². The minimum absolute atomic E-state index is 0.488. The Hall–Kier alpha value is 0.400. The van der Waals surface area contributed by atoms with Crippen molar-refractivity contribution in [2.75, 3.05) is 19.8 Å². The quantitative estimate of drug-likeness (QED) is 0.664. The second-order valence-electron chi connectivity index (χ2n) is 3.98. The molecule has 2 atom stereocenters. The van der Waals surface area contributed by atoms with Gasteiger partial charge >= 0.3 is 0 Å². The lowest BCUT2D eigenvalue weighted by Gasteiger charge is -2.34. The molecule has 76 valence electrons. The zero-order valence-corrected chi connectivity index (χ0v) is 9.46. The first kappa shape index (κ1) is 9.94. The molecule has 0 radical (unpaired) electrons. The zero-order valence-electron chi connectivity index (χ0n) is 7.88. The molecule has 0 amide bonds. The molecule has 3 heteroatoms. The summed E-state index contributed by atoms with van der Waals surface area (Å²) in [6.45, 7) is 2.78. The maximum atomic E-state index is 5.80. The van der Waals surface area contributed by atoms with E-state index in [2.05, 4.69) is 15.9 Å². The van der Waals surface area contributed by atoms with E-state index in [1.807, 2.05) is 0 Å². The second kappa shape index (κ2) is 4.76. The molecule has 0 aromatic rings. The van der Waals surface area contributed by atoms with Crippen LogP contribution in [0.4, 0.5) is 0 Å². The third kappa shape index (κ3) is 2.67. The topological polar surface area (TPSA) is 18.5 Å². The van der Waals surface area contributed by atoms with Gasteiger partial charge in [0.25, 0.3) is 0 Å². The molecule has 2 unspecified atom stereocenters. The monoisotopic (exact) mass is 248 g/mol. The van der Waals surface area contributed by atoms with Crippen molar-refractivity contribution in [3.05, 3.63) is 0 Å². The molecule has 0 spiro atoms. The van der Waals surface area contributed by atoms with Crippen molar-refractivity contribution in [3.63, 3.8) is 0 Å². The first-order chi connectivity index (χ1) is 6.36. The van der Waals surface area contributed by atoms with Crippen LogP contribution in [0.2, 0.25) is 0 Å². The summed E-state index contributed by atoms with van der Waals surface area (Å²) in [5.74, 6) is 0.745. The fourth-order valence-electron chi connectivity index (χ4n) is 2.20. The summed E-state index contributed by atoms with van der Waals surface area (Å²) in [6.07, 6.45) is 5.21. The first-order valence-corrected chi connectivity index (χ1v) is 6.11. The van der Waals surface area contributed by atoms with Crippen molar-refractivity contribution < 1.29 is 9.47 Å². The maximum absolute atomic E-state index is 5.80. The molecule has 13 heavy (non-hydrogen) atoms. The van der Waals surface area contributed by atoms with Crippen LogP contribution in [0.25, 0.3) is 0 Å². The van der Waals surface area contributed by atoms with Crippen molar-refractivity contribution in [1.82, 2.24) is 0 Å². The molecule has 0 aromatic heterocycles. The van der Waals surface area contributed by atoms with Gasteiger partial charge in [-0.15, -0.1) is 0 Å². The highest BCUT2D eigenvalue weighted by molar-refractivity contribution is 9.09. The fraction of sp³-hybridized carbons (Fsp3) is 1.00. The Bertz CT molecular complexity index is 157. The second-order valence-corrected chi connectivity index (χ2v) is 5.28. The molecule has 2 saturated heterocycles. The molecule has 2 rings (SSSR count). The molecule has 0 aliphatic carbocycles. The van der Waals surface area contributed by atoms with Crippen LogP contribution in [0.5, 0.6) is 0 Å². The Kier molecular flexibility index (Phi) is 3.64. The summed E-state index contributed by atoms with van der Waals surface area (Å²) >= 11 is 3.68. The van der Waals surface area contributed by atoms with Crippen LogP contribution in [-0.4, -0.2) is 30.8 Å². The SMILES string of the molecule is BrC1CCOC(C2CCOCC2)C1. The van der Waals surface area contributed by atoms with Gasteiger partial charge in [-0.25, -0.2) is 0 Å². The van der Waals surface area contributed by atoms with Gasteiger partial charge in [-0.1, -0.05) is 15.9 Å². The third-order valence-electron chi connectivity index (χ3n) is 3.04. The summed E-state index contributed by atoms with van der Waals surface area (Å²) < 4.78 is 11.2. The van der Waals surface area contributed by atoms with Gasteiger partial charge in [0.1, 0.15) is 0 Å². The van der Waals surface area contributed by atoms with Crippen molar-refractivity contribution in [3.8, 4) is 0 Å². The molecule has 0 saturated carbocycles. The fourth-order valence-corrected chi connectivity index (χ4v) is 2.76. The van der Waals surface area contributed by atoms with E-state index in [4.69, 9.17) is 9.47 Å². The van der Waals surface area contributed by atoms with E-state index in [1.165, 1.54) is 25.7 Å². The van der Waals surface area contributed by atoms with E-state index >= 15 is 0 Å². The smallest absolute Gasteiger partial charge is 0.0615 e. The average molecular weight is 249 g/mol. The normalized spacial score (nSPS) is 37.6. The predicted octanol–water partition coefficient (Wildman–Crippen LogP) is 2.36. The van der Waals surface area contributed by atoms with Gasteiger partial charge in [-0.3, -0.25) is 0 Å². The maximum Gasteiger partial charge on any atom is 0.0615 e. The number of halogens is 1. The number of rotatable bonds is 1. The molecule has 0 bridgehead atoms. The Morgan fingerprint density at radius 2 is 1.77 bits per heavy atom. The number of hydrogen-bond acceptors (Lipinski definition) is 2. The summed E-state index contributed by atoms with van der Waals surface area (Å²) in [6, 6.07) is 0. The van der Waals surface area contributed by atoms with Crippen molar-refractivity contribution in [2.24, 2.45) is 5.92 Å². The highest BCUT2D eigenvalue weighted by atomic mass is 79.9. The molecular formula is C10H17BrO2. The first-order valence-electron chi connectivity index (χ1n) is 5.19. The molecule has 0 N–H and O–H groups in total. The Balaban J connectivity index is 1.83. The van der Waals surface area contributed by atoms with E-state index in [0.717, 1.165) is 25.7 Å². The highest BCUT2D eigenvalue weighted by Gasteiger charge is 2.29. The number of ether oxygens (including phenoxy) is 2. The zero-order chi connectivity index (χ0) is 9.10.